The number of alkyl halides is 1. The number of benzene rings is 6. The maximum Gasteiger partial charge on any atom is 0.193 e. The number of halogens is 2. The van der Waals surface area contributed by atoms with E-state index in [2.05, 4.69) is 38.1 Å². The van der Waals surface area contributed by atoms with E-state index in [1.807, 2.05) is 74.5 Å². The van der Waals surface area contributed by atoms with E-state index < -0.39 is 4.87 Å². The first-order chi connectivity index (χ1) is 24.4. The highest BCUT2D eigenvalue weighted by Crippen LogP contribution is 2.35. The van der Waals surface area contributed by atoms with Crippen molar-refractivity contribution >= 4 is 34.8 Å². The summed E-state index contributed by atoms with van der Waals surface area (Å²) in [5.74, 6) is 2.57. The summed E-state index contributed by atoms with van der Waals surface area (Å²) >= 11 is 12.5. The average Bonchev–Trinajstić information content (AvgIpc) is 3.16. The smallest absolute Gasteiger partial charge is 0.193 e. The molecule has 1 atom stereocenters. The van der Waals surface area contributed by atoms with Crippen LogP contribution in [0.25, 0.3) is 0 Å². The van der Waals surface area contributed by atoms with Crippen molar-refractivity contribution in [3.63, 3.8) is 0 Å². The van der Waals surface area contributed by atoms with Gasteiger partial charge in [0.15, 0.2) is 11.6 Å². The zero-order valence-electron chi connectivity index (χ0n) is 29.0. The SMILES string of the molecule is CCC(C)(Cl)c1ccc(C(=O)c2ccc(Oc3ccc(C(C)(C)c4ccc(Oc5ccc(C(=O)c6ccc(Cl)cc6)cc5)cc4)cc3)cc2)cc1. The second-order valence-corrected chi connectivity index (χ2v) is 14.5. The number of ether oxygens (including phenoxy) is 2. The van der Waals surface area contributed by atoms with Gasteiger partial charge in [-0.15, -0.1) is 11.6 Å². The molecule has 51 heavy (non-hydrogen) atoms. The van der Waals surface area contributed by atoms with Gasteiger partial charge in [0.2, 0.25) is 0 Å². The molecule has 1 unspecified atom stereocenters. The molecule has 0 spiro atoms. The Bertz CT molecular complexity index is 2120. The number of rotatable bonds is 12. The van der Waals surface area contributed by atoms with Crippen LogP contribution in [0.2, 0.25) is 5.02 Å². The zero-order chi connectivity index (χ0) is 36.2. The van der Waals surface area contributed by atoms with Crippen molar-refractivity contribution < 1.29 is 19.1 Å². The summed E-state index contributed by atoms with van der Waals surface area (Å²) in [5.41, 5.74) is 5.34. The summed E-state index contributed by atoms with van der Waals surface area (Å²) in [5, 5.41) is 0.591. The minimum absolute atomic E-state index is 0.0513. The van der Waals surface area contributed by atoms with Crippen LogP contribution >= 0.6 is 23.2 Å². The predicted octanol–water partition coefficient (Wildman–Crippen LogP) is 12.6. The fraction of sp³-hybridized carbons (Fsp3) is 0.156. The van der Waals surface area contributed by atoms with Crippen LogP contribution in [0.4, 0.5) is 0 Å². The van der Waals surface area contributed by atoms with Gasteiger partial charge >= 0.3 is 0 Å². The largest absolute Gasteiger partial charge is 0.457 e. The highest BCUT2D eigenvalue weighted by Gasteiger charge is 2.24. The fourth-order valence-electron chi connectivity index (χ4n) is 5.77. The maximum atomic E-state index is 13.1. The third-order valence-electron chi connectivity index (χ3n) is 9.38. The molecule has 6 heteroatoms. The molecule has 0 radical (unpaired) electrons. The predicted molar refractivity (Wildman–Crippen MR) is 206 cm³/mol. The van der Waals surface area contributed by atoms with Crippen molar-refractivity contribution in [1.29, 1.82) is 0 Å². The molecule has 0 aliphatic carbocycles. The normalized spacial score (nSPS) is 12.5. The molecule has 0 aromatic heterocycles. The molecule has 0 amide bonds. The lowest BCUT2D eigenvalue weighted by Crippen LogP contribution is -2.18. The minimum atomic E-state index is -0.448. The van der Waals surface area contributed by atoms with Gasteiger partial charge in [0.25, 0.3) is 0 Å². The Morgan fingerprint density at radius 1 is 0.471 bits per heavy atom. The molecule has 0 saturated heterocycles. The Hall–Kier alpha value is -5.16. The lowest BCUT2D eigenvalue weighted by molar-refractivity contribution is 0.103. The van der Waals surface area contributed by atoms with E-state index in [1.165, 1.54) is 0 Å². The van der Waals surface area contributed by atoms with Crippen LogP contribution in [0.3, 0.4) is 0 Å². The first kappa shape index (κ1) is 35.7. The van der Waals surface area contributed by atoms with Gasteiger partial charge in [-0.1, -0.05) is 80.9 Å². The van der Waals surface area contributed by atoms with Gasteiger partial charge in [0, 0.05) is 32.7 Å². The van der Waals surface area contributed by atoms with Gasteiger partial charge in [0.05, 0.1) is 4.87 Å². The maximum absolute atomic E-state index is 13.1. The molecule has 6 aromatic rings. The average molecular weight is 714 g/mol. The molecule has 0 aliphatic rings. The molecular weight excluding hydrogens is 675 g/mol. The molecule has 256 valence electrons. The molecule has 6 rings (SSSR count). The number of carbonyl (C=O) groups is 2. The number of ketones is 2. The molecule has 0 N–H and O–H groups in total. The Morgan fingerprint density at radius 3 is 1.08 bits per heavy atom. The highest BCUT2D eigenvalue weighted by molar-refractivity contribution is 6.30. The molecule has 0 fully saturated rings. The van der Waals surface area contributed by atoms with Gasteiger partial charge in [0.1, 0.15) is 23.0 Å². The quantitative estimate of drug-likeness (QED) is 0.0936. The standard InChI is InChI=1S/C45H38Cl2O4/c1-5-45(4,47)36-14-6-30(7-15-36)42(48)32-10-22-38(23-11-32)50-40-26-16-34(17-27-40)44(2,3)35-18-28-41(29-19-35)51-39-24-12-33(13-25-39)43(49)31-8-20-37(46)21-9-31/h6-29H,5H2,1-4H3. The fourth-order valence-corrected chi connectivity index (χ4v) is 6.03. The minimum Gasteiger partial charge on any atom is -0.457 e. The van der Waals surface area contributed by atoms with E-state index in [1.54, 1.807) is 60.7 Å². The van der Waals surface area contributed by atoms with Crippen molar-refractivity contribution in [3.05, 3.63) is 190 Å². The van der Waals surface area contributed by atoms with Crippen molar-refractivity contribution in [1.82, 2.24) is 0 Å². The highest BCUT2D eigenvalue weighted by atomic mass is 35.5. The van der Waals surface area contributed by atoms with Gasteiger partial charge in [-0.25, -0.2) is 0 Å². The molecule has 0 saturated carbocycles. The Kier molecular flexibility index (Phi) is 10.5. The van der Waals surface area contributed by atoms with E-state index in [0.717, 1.165) is 23.1 Å². The lowest BCUT2D eigenvalue weighted by atomic mass is 9.78. The van der Waals surface area contributed by atoms with Crippen LogP contribution in [-0.4, -0.2) is 11.6 Å². The van der Waals surface area contributed by atoms with Crippen molar-refractivity contribution in [2.75, 3.05) is 0 Å². The Morgan fingerprint density at radius 2 is 0.745 bits per heavy atom. The first-order valence-corrected chi connectivity index (χ1v) is 17.6. The van der Waals surface area contributed by atoms with E-state index >= 15 is 0 Å². The zero-order valence-corrected chi connectivity index (χ0v) is 30.5. The molecule has 0 aliphatic heterocycles. The van der Waals surface area contributed by atoms with Gasteiger partial charge in [-0.2, -0.15) is 0 Å². The number of carbonyl (C=O) groups excluding carboxylic acids is 2. The summed E-state index contributed by atoms with van der Waals surface area (Å²) in [6.07, 6.45) is 0.797. The summed E-state index contributed by atoms with van der Waals surface area (Å²) in [4.78, 5) is 25.4. The summed E-state index contributed by atoms with van der Waals surface area (Å²) in [7, 11) is 0. The second kappa shape index (κ2) is 15.0. The van der Waals surface area contributed by atoms with Crippen LogP contribution < -0.4 is 9.47 Å². The van der Waals surface area contributed by atoms with Crippen LogP contribution in [0.5, 0.6) is 23.0 Å². The van der Waals surface area contributed by atoms with Gasteiger partial charge in [-0.3, -0.25) is 9.59 Å². The van der Waals surface area contributed by atoms with Gasteiger partial charge < -0.3 is 9.47 Å². The van der Waals surface area contributed by atoms with Gasteiger partial charge in [-0.05, 0) is 127 Å². The Balaban J connectivity index is 1.05. The van der Waals surface area contributed by atoms with Crippen LogP contribution in [0, 0.1) is 0 Å². The first-order valence-electron chi connectivity index (χ1n) is 16.8. The molecule has 0 bridgehead atoms. The van der Waals surface area contributed by atoms with Crippen LogP contribution in [0.1, 0.15) is 82.6 Å². The van der Waals surface area contributed by atoms with E-state index in [-0.39, 0.29) is 17.0 Å². The van der Waals surface area contributed by atoms with E-state index in [4.69, 9.17) is 32.7 Å². The molecular formula is C45H38Cl2O4. The third kappa shape index (κ3) is 8.26. The van der Waals surface area contributed by atoms with Crippen molar-refractivity contribution in [2.45, 2.75) is 44.4 Å². The molecule has 4 nitrogen and oxygen atoms in total. The molecule has 6 aromatic carbocycles. The third-order valence-corrected chi connectivity index (χ3v) is 10.1. The van der Waals surface area contributed by atoms with E-state index in [9.17, 15) is 9.59 Å². The topological polar surface area (TPSA) is 52.6 Å². The Labute approximate surface area is 309 Å². The molecule has 0 heterocycles. The second-order valence-electron chi connectivity index (χ2n) is 13.2. The van der Waals surface area contributed by atoms with Crippen LogP contribution in [0.15, 0.2) is 146 Å². The summed E-state index contributed by atoms with van der Waals surface area (Å²) in [6.45, 7) is 8.38. The lowest BCUT2D eigenvalue weighted by Gasteiger charge is -2.26. The summed E-state index contributed by atoms with van der Waals surface area (Å²) in [6, 6.07) is 44.8. The van der Waals surface area contributed by atoms with E-state index in [0.29, 0.717) is 50.3 Å². The van der Waals surface area contributed by atoms with Crippen molar-refractivity contribution in [3.8, 4) is 23.0 Å². The van der Waals surface area contributed by atoms with Crippen LogP contribution in [-0.2, 0) is 10.3 Å². The van der Waals surface area contributed by atoms with Crippen molar-refractivity contribution in [2.24, 2.45) is 0 Å². The summed E-state index contributed by atoms with van der Waals surface area (Å²) < 4.78 is 12.2. The number of hydrogen-bond donors (Lipinski definition) is 0. The number of hydrogen-bond acceptors (Lipinski definition) is 4. The monoisotopic (exact) mass is 712 g/mol.